The second kappa shape index (κ2) is 2.56. The zero-order valence-corrected chi connectivity index (χ0v) is 8.19. The molecule has 0 atom stereocenters. The molecule has 2 aromatic rings. The minimum absolute atomic E-state index is 0.0619. The van der Waals surface area contributed by atoms with E-state index in [0.717, 1.165) is 4.47 Å². The van der Waals surface area contributed by atoms with E-state index < -0.39 is 0 Å². The number of nitrogens with two attached hydrogens (primary N) is 1. The van der Waals surface area contributed by atoms with E-state index in [1.807, 2.05) is 5.38 Å². The van der Waals surface area contributed by atoms with Crippen LogP contribution in [-0.2, 0) is 0 Å². The molecule has 0 unspecified atom stereocenters. The number of aromatic nitrogens is 2. The molecule has 0 aliphatic rings. The summed E-state index contributed by atoms with van der Waals surface area (Å²) in [6.07, 6.45) is 0. The first-order valence-corrected chi connectivity index (χ1v) is 4.75. The van der Waals surface area contributed by atoms with Crippen molar-refractivity contribution in [2.75, 3.05) is 5.73 Å². The maximum atomic E-state index is 9.32. The Morgan fingerprint density at radius 1 is 1.50 bits per heavy atom. The van der Waals surface area contributed by atoms with Crippen LogP contribution in [0.25, 0.3) is 10.2 Å². The Morgan fingerprint density at radius 3 is 3.00 bits per heavy atom. The van der Waals surface area contributed by atoms with Crippen LogP contribution in [0.3, 0.4) is 0 Å². The fourth-order valence-electron chi connectivity index (χ4n) is 0.892. The summed E-state index contributed by atoms with van der Waals surface area (Å²) in [6, 6.07) is 0. The molecule has 2 aromatic heterocycles. The van der Waals surface area contributed by atoms with Gasteiger partial charge in [-0.3, -0.25) is 0 Å². The second-order valence-electron chi connectivity index (χ2n) is 2.17. The van der Waals surface area contributed by atoms with Gasteiger partial charge in [0.2, 0.25) is 11.8 Å². The number of fused-ring (bicyclic) bond motifs is 1. The van der Waals surface area contributed by atoms with Crippen LogP contribution in [0.5, 0.6) is 5.88 Å². The quantitative estimate of drug-likeness (QED) is 0.742. The number of halogens is 1. The van der Waals surface area contributed by atoms with E-state index in [0.29, 0.717) is 10.2 Å². The van der Waals surface area contributed by atoms with Crippen molar-refractivity contribution in [2.24, 2.45) is 0 Å². The van der Waals surface area contributed by atoms with E-state index in [1.165, 1.54) is 11.3 Å². The summed E-state index contributed by atoms with van der Waals surface area (Å²) in [5.41, 5.74) is 6.01. The van der Waals surface area contributed by atoms with Crippen molar-refractivity contribution in [2.45, 2.75) is 0 Å². The van der Waals surface area contributed by atoms with Gasteiger partial charge in [0.25, 0.3) is 0 Å². The van der Waals surface area contributed by atoms with Gasteiger partial charge in [0.05, 0.1) is 4.47 Å². The van der Waals surface area contributed by atoms with Gasteiger partial charge >= 0.3 is 0 Å². The van der Waals surface area contributed by atoms with Gasteiger partial charge in [0, 0.05) is 5.38 Å². The van der Waals surface area contributed by atoms with Gasteiger partial charge < -0.3 is 10.8 Å². The first-order chi connectivity index (χ1) is 5.68. The van der Waals surface area contributed by atoms with Crippen LogP contribution in [0.2, 0.25) is 0 Å². The molecule has 0 aliphatic carbocycles. The number of nitrogens with zero attached hydrogens (tertiary/aromatic N) is 2. The van der Waals surface area contributed by atoms with Crippen molar-refractivity contribution < 1.29 is 5.11 Å². The van der Waals surface area contributed by atoms with Crippen LogP contribution < -0.4 is 5.73 Å². The highest BCUT2D eigenvalue weighted by atomic mass is 79.9. The summed E-state index contributed by atoms with van der Waals surface area (Å²) in [5.74, 6) is 0.0206. The van der Waals surface area contributed by atoms with Crippen molar-refractivity contribution in [3.63, 3.8) is 0 Å². The van der Waals surface area contributed by atoms with Crippen molar-refractivity contribution in [3.8, 4) is 5.88 Å². The molecule has 12 heavy (non-hydrogen) atoms. The van der Waals surface area contributed by atoms with Gasteiger partial charge in [0.1, 0.15) is 10.2 Å². The molecule has 0 aromatic carbocycles. The molecule has 0 aliphatic heterocycles. The standard InChI is InChI=1S/C6H4BrN3OS/c7-2-1-12-4-3(2)9-6(8)10-5(4)11/h1H,(H3,8,9,10,11). The van der Waals surface area contributed by atoms with Crippen LogP contribution in [-0.4, -0.2) is 15.1 Å². The average molecular weight is 246 g/mol. The number of thiophene rings is 1. The largest absolute Gasteiger partial charge is 0.492 e. The van der Waals surface area contributed by atoms with E-state index in [-0.39, 0.29) is 11.8 Å². The summed E-state index contributed by atoms with van der Waals surface area (Å²) in [7, 11) is 0. The lowest BCUT2D eigenvalue weighted by molar-refractivity contribution is 0.461. The Morgan fingerprint density at radius 2 is 2.25 bits per heavy atom. The Labute approximate surface area is 80.2 Å². The molecular weight excluding hydrogens is 242 g/mol. The van der Waals surface area contributed by atoms with E-state index in [9.17, 15) is 5.11 Å². The number of anilines is 1. The molecule has 0 saturated carbocycles. The number of rotatable bonds is 0. The number of hydrogen-bond donors (Lipinski definition) is 2. The highest BCUT2D eigenvalue weighted by molar-refractivity contribution is 9.10. The van der Waals surface area contributed by atoms with Gasteiger partial charge in [-0.05, 0) is 15.9 Å². The molecule has 4 nitrogen and oxygen atoms in total. The Kier molecular flexibility index (Phi) is 1.66. The number of aromatic hydroxyl groups is 1. The monoisotopic (exact) mass is 245 g/mol. The van der Waals surface area contributed by atoms with Crippen molar-refractivity contribution >= 4 is 43.4 Å². The van der Waals surface area contributed by atoms with Crippen LogP contribution in [0, 0.1) is 0 Å². The molecule has 0 amide bonds. The summed E-state index contributed by atoms with van der Waals surface area (Å²) < 4.78 is 1.47. The summed E-state index contributed by atoms with van der Waals surface area (Å²) in [4.78, 5) is 7.59. The van der Waals surface area contributed by atoms with Gasteiger partial charge in [-0.25, -0.2) is 4.98 Å². The summed E-state index contributed by atoms with van der Waals surface area (Å²) >= 11 is 4.66. The Balaban J connectivity index is 2.92. The molecule has 62 valence electrons. The third kappa shape index (κ3) is 1.03. The van der Waals surface area contributed by atoms with Crippen LogP contribution in [0.15, 0.2) is 9.85 Å². The van der Waals surface area contributed by atoms with E-state index in [2.05, 4.69) is 25.9 Å². The molecule has 3 N–H and O–H groups in total. The molecule has 6 heteroatoms. The number of nitrogen functional groups attached to an aromatic ring is 1. The Bertz CT molecular complexity index is 442. The molecular formula is C6H4BrN3OS. The van der Waals surface area contributed by atoms with Crippen LogP contribution in [0.1, 0.15) is 0 Å². The molecule has 0 radical (unpaired) electrons. The van der Waals surface area contributed by atoms with E-state index in [1.54, 1.807) is 0 Å². The predicted molar refractivity (Wildman–Crippen MR) is 51.2 cm³/mol. The number of hydrogen-bond acceptors (Lipinski definition) is 5. The lowest BCUT2D eigenvalue weighted by atomic mass is 10.5. The predicted octanol–water partition coefficient (Wildman–Crippen LogP) is 1.74. The Hall–Kier alpha value is -0.880. The molecule has 2 heterocycles. The van der Waals surface area contributed by atoms with Crippen molar-refractivity contribution in [3.05, 3.63) is 9.85 Å². The minimum Gasteiger partial charge on any atom is -0.492 e. The highest BCUT2D eigenvalue weighted by Gasteiger charge is 2.09. The SMILES string of the molecule is Nc1nc(O)c2scc(Br)c2n1. The maximum absolute atomic E-state index is 9.32. The fourth-order valence-corrected chi connectivity index (χ4v) is 2.34. The van der Waals surface area contributed by atoms with Crippen LogP contribution in [0.4, 0.5) is 5.95 Å². The zero-order valence-electron chi connectivity index (χ0n) is 5.78. The van der Waals surface area contributed by atoms with Gasteiger partial charge in [-0.15, -0.1) is 11.3 Å². The van der Waals surface area contributed by atoms with Crippen molar-refractivity contribution in [1.29, 1.82) is 0 Å². The smallest absolute Gasteiger partial charge is 0.234 e. The van der Waals surface area contributed by atoms with Gasteiger partial charge in [0.15, 0.2) is 0 Å². The fraction of sp³-hybridized carbons (Fsp3) is 0. The second-order valence-corrected chi connectivity index (χ2v) is 3.90. The summed E-state index contributed by atoms with van der Waals surface area (Å²) in [5, 5.41) is 11.2. The summed E-state index contributed by atoms with van der Waals surface area (Å²) in [6.45, 7) is 0. The maximum Gasteiger partial charge on any atom is 0.234 e. The molecule has 0 saturated heterocycles. The highest BCUT2D eigenvalue weighted by Crippen LogP contribution is 2.33. The van der Waals surface area contributed by atoms with E-state index in [4.69, 9.17) is 5.73 Å². The first-order valence-electron chi connectivity index (χ1n) is 3.07. The lowest BCUT2D eigenvalue weighted by Gasteiger charge is -1.94. The molecule has 0 spiro atoms. The lowest BCUT2D eigenvalue weighted by Crippen LogP contribution is -1.93. The van der Waals surface area contributed by atoms with Crippen LogP contribution >= 0.6 is 27.3 Å². The zero-order chi connectivity index (χ0) is 8.72. The third-order valence-electron chi connectivity index (χ3n) is 1.37. The van der Waals surface area contributed by atoms with Gasteiger partial charge in [-0.2, -0.15) is 4.98 Å². The molecule has 0 fully saturated rings. The normalized spacial score (nSPS) is 10.8. The van der Waals surface area contributed by atoms with E-state index >= 15 is 0 Å². The average Bonchev–Trinajstić information content (AvgIpc) is 2.33. The first kappa shape index (κ1) is 7.75. The molecule has 2 rings (SSSR count). The topological polar surface area (TPSA) is 72.0 Å². The molecule has 0 bridgehead atoms. The third-order valence-corrected chi connectivity index (χ3v) is 3.24. The minimum atomic E-state index is -0.0619. The van der Waals surface area contributed by atoms with Gasteiger partial charge in [-0.1, -0.05) is 0 Å². The van der Waals surface area contributed by atoms with Crippen molar-refractivity contribution in [1.82, 2.24) is 9.97 Å².